The minimum absolute atomic E-state index is 0.0613. The van der Waals surface area contributed by atoms with Crippen molar-refractivity contribution in [3.8, 4) is 11.5 Å². The zero-order valence-electron chi connectivity index (χ0n) is 14.7. The minimum Gasteiger partial charge on any atom is -0.493 e. The zero-order valence-corrected chi connectivity index (χ0v) is 14.7. The fraction of sp³-hybridized carbons (Fsp3) is 0.389. The van der Waals surface area contributed by atoms with E-state index in [0.29, 0.717) is 23.6 Å². The van der Waals surface area contributed by atoms with Gasteiger partial charge in [0, 0.05) is 31.0 Å². The molecule has 7 nitrogen and oxygen atoms in total. The van der Waals surface area contributed by atoms with Crippen molar-refractivity contribution in [2.75, 3.05) is 20.3 Å². The number of hydrogen-bond acceptors (Lipinski definition) is 5. The van der Waals surface area contributed by atoms with E-state index >= 15 is 0 Å². The number of aromatic nitrogens is 2. The average molecular weight is 345 g/mol. The largest absolute Gasteiger partial charge is 0.493 e. The molecule has 0 bridgehead atoms. The van der Waals surface area contributed by atoms with Gasteiger partial charge in [-0.05, 0) is 37.1 Å². The Kier molecular flexibility index (Phi) is 6.56. The highest BCUT2D eigenvalue weighted by Gasteiger charge is 2.11. The summed E-state index contributed by atoms with van der Waals surface area (Å²) in [7, 11) is 1.49. The van der Waals surface area contributed by atoms with Crippen molar-refractivity contribution in [2.24, 2.45) is 5.92 Å². The van der Waals surface area contributed by atoms with Crippen LogP contribution in [-0.4, -0.2) is 41.7 Å². The molecule has 1 aromatic carbocycles. The van der Waals surface area contributed by atoms with Crippen molar-refractivity contribution >= 4 is 11.7 Å². The summed E-state index contributed by atoms with van der Waals surface area (Å²) in [5, 5.41) is 6.97. The van der Waals surface area contributed by atoms with Gasteiger partial charge in [-0.3, -0.25) is 14.3 Å². The standard InChI is InChI=1S/C18H23N3O4/c1-13(11-21-8-4-7-20-21)10-19-18(23)12-25-16-6-5-15(14(2)22)9-17(16)24-3/h4-9,13H,10-12H2,1-3H3,(H,19,23). The molecule has 1 amide bonds. The van der Waals surface area contributed by atoms with Crippen LogP contribution in [0.4, 0.5) is 0 Å². The van der Waals surface area contributed by atoms with Gasteiger partial charge < -0.3 is 14.8 Å². The number of ether oxygens (including phenoxy) is 2. The minimum atomic E-state index is -0.218. The summed E-state index contributed by atoms with van der Waals surface area (Å²) in [4.78, 5) is 23.3. The molecule has 0 fully saturated rings. The lowest BCUT2D eigenvalue weighted by atomic mass is 10.1. The van der Waals surface area contributed by atoms with Gasteiger partial charge in [-0.2, -0.15) is 5.10 Å². The molecule has 1 aromatic heterocycles. The van der Waals surface area contributed by atoms with Crippen LogP contribution in [0.5, 0.6) is 11.5 Å². The van der Waals surface area contributed by atoms with Crippen molar-refractivity contribution in [1.29, 1.82) is 0 Å². The first-order valence-electron chi connectivity index (χ1n) is 8.05. The van der Waals surface area contributed by atoms with Crippen LogP contribution in [0, 0.1) is 5.92 Å². The maximum absolute atomic E-state index is 11.9. The van der Waals surface area contributed by atoms with E-state index in [4.69, 9.17) is 9.47 Å². The molecular formula is C18H23N3O4. The lowest BCUT2D eigenvalue weighted by Crippen LogP contribution is -2.33. The van der Waals surface area contributed by atoms with E-state index in [-0.39, 0.29) is 24.2 Å². The maximum atomic E-state index is 11.9. The van der Waals surface area contributed by atoms with Gasteiger partial charge in [0.05, 0.1) is 7.11 Å². The predicted molar refractivity (Wildman–Crippen MR) is 92.9 cm³/mol. The molecule has 134 valence electrons. The molecule has 0 saturated heterocycles. The van der Waals surface area contributed by atoms with E-state index in [1.807, 2.05) is 23.9 Å². The summed E-state index contributed by atoms with van der Waals surface area (Å²) in [6.07, 6.45) is 3.61. The SMILES string of the molecule is COc1cc(C(C)=O)ccc1OCC(=O)NCC(C)Cn1cccn1. The van der Waals surface area contributed by atoms with Crippen LogP contribution in [-0.2, 0) is 11.3 Å². The number of amides is 1. The molecule has 1 atom stereocenters. The molecule has 7 heteroatoms. The number of ketones is 1. The fourth-order valence-electron chi connectivity index (χ4n) is 2.28. The monoisotopic (exact) mass is 345 g/mol. The molecule has 1 N–H and O–H groups in total. The first-order chi connectivity index (χ1) is 12.0. The quantitative estimate of drug-likeness (QED) is 0.702. The van der Waals surface area contributed by atoms with Crippen LogP contribution in [0.25, 0.3) is 0 Å². The summed E-state index contributed by atoms with van der Waals surface area (Å²) in [5.41, 5.74) is 0.529. The van der Waals surface area contributed by atoms with Crippen molar-refractivity contribution in [2.45, 2.75) is 20.4 Å². The summed E-state index contributed by atoms with van der Waals surface area (Å²) in [6, 6.07) is 6.74. The molecule has 0 aliphatic carbocycles. The zero-order chi connectivity index (χ0) is 18.2. The molecule has 1 unspecified atom stereocenters. The molecule has 0 aliphatic rings. The Hall–Kier alpha value is -2.83. The highest BCUT2D eigenvalue weighted by molar-refractivity contribution is 5.94. The van der Waals surface area contributed by atoms with Crippen molar-refractivity contribution in [1.82, 2.24) is 15.1 Å². The molecule has 25 heavy (non-hydrogen) atoms. The summed E-state index contributed by atoms with van der Waals surface area (Å²) < 4.78 is 12.5. The third-order valence-corrected chi connectivity index (χ3v) is 3.63. The van der Waals surface area contributed by atoms with E-state index in [1.165, 1.54) is 14.0 Å². The van der Waals surface area contributed by atoms with Crippen molar-refractivity contribution in [3.63, 3.8) is 0 Å². The molecule has 1 heterocycles. The number of nitrogens with zero attached hydrogens (tertiary/aromatic N) is 2. The normalized spacial score (nSPS) is 11.6. The Morgan fingerprint density at radius 2 is 2.12 bits per heavy atom. The summed E-state index contributed by atoms with van der Waals surface area (Å²) in [6.45, 7) is 4.65. The molecule has 2 rings (SSSR count). The topological polar surface area (TPSA) is 82.5 Å². The molecule has 2 aromatic rings. The number of carbonyl (C=O) groups excluding carboxylic acids is 2. The Morgan fingerprint density at radius 1 is 1.32 bits per heavy atom. The predicted octanol–water partition coefficient (Wildman–Crippen LogP) is 1.93. The van der Waals surface area contributed by atoms with Crippen LogP contribution in [0.15, 0.2) is 36.7 Å². The number of hydrogen-bond donors (Lipinski definition) is 1. The number of rotatable bonds is 9. The molecule has 0 spiro atoms. The van der Waals surface area contributed by atoms with Crippen molar-refractivity contribution < 1.29 is 19.1 Å². The van der Waals surface area contributed by atoms with E-state index in [1.54, 1.807) is 24.4 Å². The fourth-order valence-corrected chi connectivity index (χ4v) is 2.28. The van der Waals surface area contributed by atoms with Crippen LogP contribution in [0.1, 0.15) is 24.2 Å². The van der Waals surface area contributed by atoms with Crippen LogP contribution < -0.4 is 14.8 Å². The average Bonchev–Trinajstić information content (AvgIpc) is 3.10. The second-order valence-electron chi connectivity index (χ2n) is 5.85. The van der Waals surface area contributed by atoms with Crippen LogP contribution in [0.2, 0.25) is 0 Å². The van der Waals surface area contributed by atoms with Gasteiger partial charge in [0.2, 0.25) is 0 Å². The number of carbonyl (C=O) groups is 2. The smallest absolute Gasteiger partial charge is 0.257 e. The highest BCUT2D eigenvalue weighted by Crippen LogP contribution is 2.28. The van der Waals surface area contributed by atoms with Gasteiger partial charge in [0.1, 0.15) is 0 Å². The van der Waals surface area contributed by atoms with E-state index in [2.05, 4.69) is 10.4 Å². The van der Waals surface area contributed by atoms with E-state index in [9.17, 15) is 9.59 Å². The van der Waals surface area contributed by atoms with Gasteiger partial charge in [0.25, 0.3) is 5.91 Å². The number of nitrogens with one attached hydrogen (secondary N) is 1. The van der Waals surface area contributed by atoms with Gasteiger partial charge >= 0.3 is 0 Å². The Morgan fingerprint density at radius 3 is 2.76 bits per heavy atom. The van der Waals surface area contributed by atoms with Crippen LogP contribution in [0.3, 0.4) is 0 Å². The third-order valence-electron chi connectivity index (χ3n) is 3.63. The van der Waals surface area contributed by atoms with Crippen molar-refractivity contribution in [3.05, 3.63) is 42.2 Å². The first kappa shape index (κ1) is 18.5. The molecular weight excluding hydrogens is 322 g/mol. The lowest BCUT2D eigenvalue weighted by molar-refractivity contribution is -0.123. The number of benzene rings is 1. The second kappa shape index (κ2) is 8.86. The molecule has 0 aliphatic heterocycles. The first-order valence-corrected chi connectivity index (χ1v) is 8.05. The summed E-state index contributed by atoms with van der Waals surface area (Å²) >= 11 is 0. The van der Waals surface area contributed by atoms with Crippen LogP contribution >= 0.6 is 0 Å². The Balaban J connectivity index is 1.80. The van der Waals surface area contributed by atoms with Gasteiger partial charge in [-0.15, -0.1) is 0 Å². The maximum Gasteiger partial charge on any atom is 0.257 e. The molecule has 0 saturated carbocycles. The Bertz CT molecular complexity index is 713. The van der Waals surface area contributed by atoms with E-state index < -0.39 is 0 Å². The van der Waals surface area contributed by atoms with Gasteiger partial charge in [-0.25, -0.2) is 0 Å². The number of methoxy groups -OCH3 is 1. The third kappa shape index (κ3) is 5.63. The van der Waals surface area contributed by atoms with Gasteiger partial charge in [-0.1, -0.05) is 6.92 Å². The highest BCUT2D eigenvalue weighted by atomic mass is 16.5. The summed E-state index contributed by atoms with van der Waals surface area (Å²) in [5.74, 6) is 0.812. The van der Waals surface area contributed by atoms with E-state index in [0.717, 1.165) is 6.54 Å². The number of Topliss-reactive ketones (excluding diaryl/α,β-unsaturated/α-hetero) is 1. The molecule has 0 radical (unpaired) electrons. The van der Waals surface area contributed by atoms with Gasteiger partial charge in [0.15, 0.2) is 23.9 Å². The second-order valence-corrected chi connectivity index (χ2v) is 5.85. The Labute approximate surface area is 146 Å². The lowest BCUT2D eigenvalue weighted by Gasteiger charge is -2.14.